The molecule has 19 heavy (non-hydrogen) atoms. The fourth-order valence-corrected chi connectivity index (χ4v) is 2.93. The first-order chi connectivity index (χ1) is 9.31. The van der Waals surface area contributed by atoms with Gasteiger partial charge in [-0.15, -0.1) is 0 Å². The summed E-state index contributed by atoms with van der Waals surface area (Å²) in [6.45, 7) is 3.13. The van der Waals surface area contributed by atoms with Crippen LogP contribution in [0.3, 0.4) is 0 Å². The fraction of sp³-hybridized carbons (Fsp3) is 0.312. The van der Waals surface area contributed by atoms with Gasteiger partial charge in [0.05, 0.1) is 0 Å². The summed E-state index contributed by atoms with van der Waals surface area (Å²) in [7, 11) is 0. The molecule has 1 N–H and O–H groups in total. The van der Waals surface area contributed by atoms with Crippen molar-refractivity contribution >= 4 is 11.8 Å². The van der Waals surface area contributed by atoms with Gasteiger partial charge in [0.1, 0.15) is 0 Å². The molecule has 1 saturated carbocycles. The lowest BCUT2D eigenvalue weighted by molar-refractivity contribution is 0.680. The Morgan fingerprint density at radius 2 is 2.00 bits per heavy atom. The third-order valence-corrected chi connectivity index (χ3v) is 4.38. The summed E-state index contributed by atoms with van der Waals surface area (Å²) in [4.78, 5) is 6.65. The van der Waals surface area contributed by atoms with Crippen molar-refractivity contribution in [3.05, 3.63) is 53.9 Å². The molecule has 0 aliphatic heterocycles. The number of hydrogen-bond donors (Lipinski definition) is 1. The molecule has 0 atom stereocenters. The van der Waals surface area contributed by atoms with Gasteiger partial charge < -0.3 is 5.32 Å². The summed E-state index contributed by atoms with van der Waals surface area (Å²) in [6, 6.07) is 11.6. The summed E-state index contributed by atoms with van der Waals surface area (Å²) in [5.74, 6) is 0. The fourth-order valence-electron chi connectivity index (χ4n) is 2.02. The molecule has 3 heteroatoms. The van der Waals surface area contributed by atoms with Crippen LogP contribution in [0.15, 0.2) is 52.5 Å². The predicted molar refractivity (Wildman–Crippen MR) is 79.4 cm³/mol. The van der Waals surface area contributed by atoms with Crippen molar-refractivity contribution in [3.63, 3.8) is 0 Å². The second-order valence-electron chi connectivity index (χ2n) is 5.05. The van der Waals surface area contributed by atoms with E-state index in [1.54, 1.807) is 0 Å². The highest BCUT2D eigenvalue weighted by Gasteiger charge is 2.20. The minimum absolute atomic E-state index is 0.749. The van der Waals surface area contributed by atoms with E-state index in [2.05, 4.69) is 47.6 Å². The van der Waals surface area contributed by atoms with Crippen molar-refractivity contribution in [2.75, 3.05) is 0 Å². The summed E-state index contributed by atoms with van der Waals surface area (Å²) >= 11 is 1.81. The first kappa shape index (κ1) is 12.7. The molecule has 98 valence electrons. The Balaban J connectivity index is 1.78. The molecule has 3 rings (SSSR count). The number of aromatic nitrogens is 1. The summed E-state index contributed by atoms with van der Waals surface area (Å²) in [5, 5.41) is 3.60. The van der Waals surface area contributed by atoms with Gasteiger partial charge in [0.25, 0.3) is 0 Å². The number of hydrogen-bond acceptors (Lipinski definition) is 3. The summed E-state index contributed by atoms with van der Waals surface area (Å²) < 4.78 is 0. The average molecular weight is 270 g/mol. The molecule has 1 heterocycles. The second kappa shape index (κ2) is 5.76. The van der Waals surface area contributed by atoms with Crippen LogP contribution in [0.1, 0.15) is 24.0 Å². The molecule has 1 aromatic carbocycles. The van der Waals surface area contributed by atoms with Gasteiger partial charge in [-0.1, -0.05) is 29.5 Å². The maximum Gasteiger partial charge on any atom is 0.0279 e. The zero-order chi connectivity index (χ0) is 13.1. The molecule has 0 radical (unpaired) electrons. The highest BCUT2D eigenvalue weighted by molar-refractivity contribution is 7.99. The zero-order valence-electron chi connectivity index (χ0n) is 11.1. The van der Waals surface area contributed by atoms with Gasteiger partial charge in [-0.25, -0.2) is 0 Å². The standard InChI is InChI=1S/C16H18N2S/c1-12-2-5-16(19-15-6-8-17-9-7-15)13(10-12)11-18-14-3-4-14/h2,5-10,14,18H,3-4,11H2,1H3. The molecule has 1 fully saturated rings. The number of benzene rings is 1. The molecule has 0 spiro atoms. The Labute approximate surface area is 118 Å². The number of pyridine rings is 1. The van der Waals surface area contributed by atoms with Gasteiger partial charge in [-0.3, -0.25) is 4.98 Å². The van der Waals surface area contributed by atoms with Crippen molar-refractivity contribution in [3.8, 4) is 0 Å². The van der Waals surface area contributed by atoms with E-state index in [9.17, 15) is 0 Å². The van der Waals surface area contributed by atoms with Crippen LogP contribution >= 0.6 is 11.8 Å². The molecule has 1 aromatic heterocycles. The summed E-state index contributed by atoms with van der Waals surface area (Å²) in [5.41, 5.74) is 2.72. The van der Waals surface area contributed by atoms with E-state index >= 15 is 0 Å². The van der Waals surface area contributed by atoms with Crippen LogP contribution in [0.25, 0.3) is 0 Å². The lowest BCUT2D eigenvalue weighted by Gasteiger charge is -2.11. The lowest BCUT2D eigenvalue weighted by atomic mass is 10.1. The Morgan fingerprint density at radius 1 is 1.21 bits per heavy atom. The molecule has 2 nitrogen and oxygen atoms in total. The highest BCUT2D eigenvalue weighted by Crippen LogP contribution is 2.31. The minimum Gasteiger partial charge on any atom is -0.310 e. The van der Waals surface area contributed by atoms with Crippen molar-refractivity contribution < 1.29 is 0 Å². The van der Waals surface area contributed by atoms with E-state index < -0.39 is 0 Å². The van der Waals surface area contributed by atoms with Gasteiger partial charge >= 0.3 is 0 Å². The van der Waals surface area contributed by atoms with Crippen molar-refractivity contribution in [2.45, 2.75) is 42.1 Å². The first-order valence-electron chi connectivity index (χ1n) is 6.72. The Hall–Kier alpha value is -1.32. The van der Waals surface area contributed by atoms with Gasteiger partial charge in [0.15, 0.2) is 0 Å². The van der Waals surface area contributed by atoms with Crippen LogP contribution in [-0.2, 0) is 6.54 Å². The monoisotopic (exact) mass is 270 g/mol. The highest BCUT2D eigenvalue weighted by atomic mass is 32.2. The molecular weight excluding hydrogens is 252 g/mol. The van der Waals surface area contributed by atoms with E-state index in [4.69, 9.17) is 0 Å². The van der Waals surface area contributed by atoms with E-state index in [1.807, 2.05) is 24.2 Å². The second-order valence-corrected chi connectivity index (χ2v) is 6.17. The molecule has 0 bridgehead atoms. The van der Waals surface area contributed by atoms with Crippen LogP contribution in [0.4, 0.5) is 0 Å². The van der Waals surface area contributed by atoms with Gasteiger partial charge in [-0.05, 0) is 43.5 Å². The van der Waals surface area contributed by atoms with E-state index in [-0.39, 0.29) is 0 Å². The molecule has 1 aliphatic rings. The first-order valence-corrected chi connectivity index (χ1v) is 7.54. The minimum atomic E-state index is 0.749. The van der Waals surface area contributed by atoms with Crippen LogP contribution in [0.5, 0.6) is 0 Å². The van der Waals surface area contributed by atoms with E-state index in [1.165, 1.54) is 33.8 Å². The quantitative estimate of drug-likeness (QED) is 0.894. The lowest BCUT2D eigenvalue weighted by Crippen LogP contribution is -2.15. The molecular formula is C16H18N2S. The maximum atomic E-state index is 4.07. The van der Waals surface area contributed by atoms with Crippen LogP contribution in [-0.4, -0.2) is 11.0 Å². The van der Waals surface area contributed by atoms with Crippen molar-refractivity contribution in [2.24, 2.45) is 0 Å². The normalized spacial score (nSPS) is 14.6. The zero-order valence-corrected chi connectivity index (χ0v) is 11.9. The number of rotatable bonds is 5. The number of nitrogens with one attached hydrogen (secondary N) is 1. The third-order valence-electron chi connectivity index (χ3n) is 3.25. The van der Waals surface area contributed by atoms with E-state index in [0.29, 0.717) is 0 Å². The van der Waals surface area contributed by atoms with Gasteiger partial charge in [-0.2, -0.15) is 0 Å². The van der Waals surface area contributed by atoms with Crippen molar-refractivity contribution in [1.29, 1.82) is 0 Å². The Bertz CT molecular complexity index is 550. The van der Waals surface area contributed by atoms with Crippen LogP contribution in [0, 0.1) is 6.92 Å². The molecule has 1 aliphatic carbocycles. The number of aryl methyl sites for hydroxylation is 1. The Morgan fingerprint density at radius 3 is 2.74 bits per heavy atom. The van der Waals surface area contributed by atoms with Gasteiger partial charge in [0.2, 0.25) is 0 Å². The maximum absolute atomic E-state index is 4.07. The predicted octanol–water partition coefficient (Wildman–Crippen LogP) is 3.79. The van der Waals surface area contributed by atoms with E-state index in [0.717, 1.165) is 12.6 Å². The molecule has 2 aromatic rings. The largest absolute Gasteiger partial charge is 0.310 e. The van der Waals surface area contributed by atoms with Gasteiger partial charge in [0, 0.05) is 34.8 Å². The SMILES string of the molecule is Cc1ccc(Sc2ccncc2)c(CNC2CC2)c1. The topological polar surface area (TPSA) is 24.9 Å². The third kappa shape index (κ3) is 3.58. The van der Waals surface area contributed by atoms with Crippen LogP contribution < -0.4 is 5.32 Å². The number of nitrogens with zero attached hydrogens (tertiary/aromatic N) is 1. The summed E-state index contributed by atoms with van der Waals surface area (Å²) in [6.07, 6.45) is 6.36. The molecule has 0 amide bonds. The molecule has 0 unspecified atom stereocenters. The Kier molecular flexibility index (Phi) is 3.85. The van der Waals surface area contributed by atoms with Crippen molar-refractivity contribution in [1.82, 2.24) is 10.3 Å². The molecule has 0 saturated heterocycles. The van der Waals surface area contributed by atoms with Crippen LogP contribution in [0.2, 0.25) is 0 Å². The average Bonchev–Trinajstić information content (AvgIpc) is 3.24. The smallest absolute Gasteiger partial charge is 0.0279 e.